The molecule has 3 aromatic carbocycles. The maximum Gasteiger partial charge on any atom is 0.229 e. The van der Waals surface area contributed by atoms with Crippen molar-refractivity contribution < 1.29 is 8.42 Å². The average Bonchev–Trinajstić information content (AvgIpc) is 3.53. The molecule has 2 unspecified atom stereocenters. The number of rotatable bonds is 6. The fraction of sp³-hybridized carbons (Fsp3) is 0.103. The Balaban J connectivity index is 1.46. The Hall–Kier alpha value is -4.21. The van der Waals surface area contributed by atoms with Gasteiger partial charge in [0.05, 0.1) is 18.0 Å². The van der Waals surface area contributed by atoms with Crippen molar-refractivity contribution in [1.82, 2.24) is 14.9 Å². The normalized spacial score (nSPS) is 17.5. The van der Waals surface area contributed by atoms with Crippen LogP contribution >= 0.6 is 12.2 Å². The fourth-order valence-corrected chi connectivity index (χ4v) is 5.94. The number of hydrogen-bond acceptors (Lipinski definition) is 4. The number of benzene rings is 3. The van der Waals surface area contributed by atoms with E-state index in [-0.39, 0.29) is 12.1 Å². The lowest BCUT2D eigenvalue weighted by Crippen LogP contribution is -2.30. The smallest absolute Gasteiger partial charge is 0.229 e. The van der Waals surface area contributed by atoms with Gasteiger partial charge in [0.25, 0.3) is 0 Å². The first kappa shape index (κ1) is 24.1. The zero-order valence-electron chi connectivity index (χ0n) is 20.5. The summed E-state index contributed by atoms with van der Waals surface area (Å²) < 4.78 is 28.1. The topological polar surface area (TPSA) is 79.3 Å². The van der Waals surface area contributed by atoms with Crippen LogP contribution in [0, 0.1) is 0 Å². The summed E-state index contributed by atoms with van der Waals surface area (Å²) in [6, 6.07) is 31.6. The Morgan fingerprint density at radius 1 is 0.868 bits per heavy atom. The number of nitrogens with one attached hydrogen (secondary N) is 2. The van der Waals surface area contributed by atoms with Gasteiger partial charge in [-0.3, -0.25) is 9.71 Å². The van der Waals surface area contributed by atoms with Crippen molar-refractivity contribution in [2.24, 2.45) is 0 Å². The third kappa shape index (κ3) is 4.62. The van der Waals surface area contributed by atoms with Crippen molar-refractivity contribution >= 4 is 49.5 Å². The minimum Gasteiger partial charge on any atom is -0.351 e. The molecule has 0 bridgehead atoms. The van der Waals surface area contributed by atoms with Gasteiger partial charge in [-0.1, -0.05) is 36.4 Å². The molecule has 1 aliphatic heterocycles. The molecule has 190 valence electrons. The number of aromatic nitrogens is 2. The average molecular weight is 540 g/mol. The molecule has 2 atom stereocenters. The van der Waals surface area contributed by atoms with Crippen LogP contribution in [0.5, 0.6) is 0 Å². The first-order chi connectivity index (χ1) is 18.4. The van der Waals surface area contributed by atoms with Crippen LogP contribution in [0.1, 0.15) is 23.5 Å². The summed E-state index contributed by atoms with van der Waals surface area (Å²) >= 11 is 5.86. The molecule has 9 heteroatoms. The van der Waals surface area contributed by atoms with Crippen LogP contribution in [0.3, 0.4) is 0 Å². The number of fused-ring (bicyclic) bond motifs is 1. The molecule has 0 spiro atoms. The molecule has 0 radical (unpaired) electrons. The molecule has 2 N–H and O–H groups in total. The van der Waals surface area contributed by atoms with Crippen LogP contribution in [0.4, 0.5) is 11.4 Å². The predicted molar refractivity (Wildman–Crippen MR) is 156 cm³/mol. The highest BCUT2D eigenvalue weighted by molar-refractivity contribution is 7.92. The van der Waals surface area contributed by atoms with Crippen LogP contribution in [0.25, 0.3) is 16.5 Å². The lowest BCUT2D eigenvalue weighted by molar-refractivity contribution is 0.549. The summed E-state index contributed by atoms with van der Waals surface area (Å²) in [5, 5.41) is 6.41. The zero-order valence-corrected chi connectivity index (χ0v) is 22.2. The highest BCUT2D eigenvalue weighted by Crippen LogP contribution is 2.42. The maximum absolute atomic E-state index is 11.7. The predicted octanol–water partition coefficient (Wildman–Crippen LogP) is 5.57. The van der Waals surface area contributed by atoms with Crippen molar-refractivity contribution in [3.63, 3.8) is 0 Å². The molecule has 0 aliphatic carbocycles. The van der Waals surface area contributed by atoms with E-state index in [1.54, 1.807) is 18.3 Å². The van der Waals surface area contributed by atoms with Crippen LogP contribution in [0.2, 0.25) is 0 Å². The van der Waals surface area contributed by atoms with E-state index in [1.807, 2.05) is 48.5 Å². The Morgan fingerprint density at radius 2 is 1.61 bits per heavy atom. The van der Waals surface area contributed by atoms with Gasteiger partial charge in [0.15, 0.2) is 5.11 Å². The SMILES string of the molecule is CS(=O)(=O)Nc1ccc(N2C(=S)NC(c3ccccn3)C2c2cccn2-c2ccc3ccccc3c2)cc1. The molecule has 0 saturated carbocycles. The summed E-state index contributed by atoms with van der Waals surface area (Å²) in [4.78, 5) is 6.72. The number of anilines is 2. The Labute approximate surface area is 226 Å². The van der Waals surface area contributed by atoms with E-state index in [0.29, 0.717) is 10.8 Å². The Morgan fingerprint density at radius 3 is 2.34 bits per heavy atom. The lowest BCUT2D eigenvalue weighted by Gasteiger charge is -2.29. The fourth-order valence-electron chi connectivity index (χ4n) is 5.03. The summed E-state index contributed by atoms with van der Waals surface area (Å²) in [5.74, 6) is 0. The quantitative estimate of drug-likeness (QED) is 0.275. The van der Waals surface area contributed by atoms with Crippen LogP contribution < -0.4 is 14.9 Å². The lowest BCUT2D eigenvalue weighted by atomic mass is 10.0. The molecule has 1 aliphatic rings. The maximum atomic E-state index is 11.7. The Kier molecular flexibility index (Phi) is 6.09. The molecule has 5 aromatic rings. The van der Waals surface area contributed by atoms with Crippen molar-refractivity contribution in [1.29, 1.82) is 0 Å². The first-order valence-electron chi connectivity index (χ1n) is 12.1. The van der Waals surface area contributed by atoms with Gasteiger partial charge in [-0.25, -0.2) is 8.42 Å². The second-order valence-corrected chi connectivity index (χ2v) is 11.4. The third-order valence-electron chi connectivity index (χ3n) is 6.64. The molecule has 3 heterocycles. The molecule has 7 nitrogen and oxygen atoms in total. The van der Waals surface area contributed by atoms with E-state index in [9.17, 15) is 8.42 Å². The molecular formula is C29H25N5O2S2. The first-order valence-corrected chi connectivity index (χ1v) is 14.4. The van der Waals surface area contributed by atoms with Gasteiger partial charge >= 0.3 is 0 Å². The molecule has 0 amide bonds. The number of pyridine rings is 1. The summed E-state index contributed by atoms with van der Waals surface area (Å²) in [7, 11) is -3.38. The highest BCUT2D eigenvalue weighted by atomic mass is 32.2. The zero-order chi connectivity index (χ0) is 26.3. The second kappa shape index (κ2) is 9.59. The number of hydrogen-bond donors (Lipinski definition) is 2. The molecule has 1 fully saturated rings. The van der Waals surface area contributed by atoms with Crippen molar-refractivity contribution in [2.75, 3.05) is 15.9 Å². The van der Waals surface area contributed by atoms with Gasteiger partial charge in [-0.2, -0.15) is 0 Å². The third-order valence-corrected chi connectivity index (χ3v) is 7.56. The van der Waals surface area contributed by atoms with Gasteiger partial charge in [0, 0.05) is 35.1 Å². The number of thiocarbonyl (C=S) groups is 1. The summed E-state index contributed by atoms with van der Waals surface area (Å²) in [6.07, 6.45) is 4.98. The summed E-state index contributed by atoms with van der Waals surface area (Å²) in [5.41, 5.74) is 4.31. The number of sulfonamides is 1. The van der Waals surface area contributed by atoms with E-state index >= 15 is 0 Å². The van der Waals surface area contributed by atoms with E-state index < -0.39 is 10.0 Å². The minimum absolute atomic E-state index is 0.202. The van der Waals surface area contributed by atoms with Gasteiger partial charge in [-0.15, -0.1) is 0 Å². The standard InChI is InChI=1S/C29H25N5O2S2/c1-38(35,36)32-22-12-15-23(16-13-22)34-28(27(31-29(34)37)25-9-4-5-17-30-25)26-10-6-18-33(26)24-14-11-20-7-2-3-8-21(20)19-24/h2-19,27-28,32H,1H3,(H,31,37). The largest absolute Gasteiger partial charge is 0.351 e. The molecule has 2 aromatic heterocycles. The minimum atomic E-state index is -3.38. The van der Waals surface area contributed by atoms with Gasteiger partial charge in [0.2, 0.25) is 10.0 Å². The van der Waals surface area contributed by atoms with E-state index in [1.165, 1.54) is 5.39 Å². The molecular weight excluding hydrogens is 514 g/mol. The van der Waals surface area contributed by atoms with Crippen LogP contribution in [-0.2, 0) is 10.0 Å². The van der Waals surface area contributed by atoms with Crippen molar-refractivity contribution in [2.45, 2.75) is 12.1 Å². The monoisotopic (exact) mass is 539 g/mol. The van der Waals surface area contributed by atoms with E-state index in [4.69, 9.17) is 12.2 Å². The second-order valence-electron chi connectivity index (χ2n) is 9.25. The van der Waals surface area contributed by atoms with Gasteiger partial charge in [-0.05, 0) is 83.7 Å². The van der Waals surface area contributed by atoms with Crippen LogP contribution in [-0.4, -0.2) is 29.3 Å². The van der Waals surface area contributed by atoms with Crippen molar-refractivity contribution in [3.05, 3.63) is 121 Å². The van der Waals surface area contributed by atoms with Gasteiger partial charge in [0.1, 0.15) is 6.04 Å². The Bertz CT molecular complexity index is 1730. The molecule has 1 saturated heterocycles. The molecule has 6 rings (SSSR count). The highest BCUT2D eigenvalue weighted by Gasteiger charge is 2.42. The molecule has 38 heavy (non-hydrogen) atoms. The number of nitrogens with zero attached hydrogens (tertiary/aromatic N) is 3. The summed E-state index contributed by atoms with van der Waals surface area (Å²) in [6.45, 7) is 0. The van der Waals surface area contributed by atoms with Gasteiger partial charge < -0.3 is 14.8 Å². The van der Waals surface area contributed by atoms with Crippen molar-refractivity contribution in [3.8, 4) is 5.69 Å². The van der Waals surface area contributed by atoms with Crippen LogP contribution in [0.15, 0.2) is 109 Å². The van der Waals surface area contributed by atoms with E-state index in [2.05, 4.69) is 67.1 Å². The van der Waals surface area contributed by atoms with E-state index in [0.717, 1.165) is 34.4 Å².